The van der Waals surface area contributed by atoms with Gasteiger partial charge in [-0.1, -0.05) is 30.3 Å². The number of hydrogen-bond donors (Lipinski definition) is 1. The van der Waals surface area contributed by atoms with Crippen LogP contribution in [0.25, 0.3) is 5.76 Å². The van der Waals surface area contributed by atoms with Gasteiger partial charge in [0.25, 0.3) is 0 Å². The van der Waals surface area contributed by atoms with Crippen LogP contribution in [0.2, 0.25) is 0 Å². The summed E-state index contributed by atoms with van der Waals surface area (Å²) in [4.78, 5) is 11.3. The highest BCUT2D eigenvalue weighted by molar-refractivity contribution is 7.92. The fourth-order valence-corrected chi connectivity index (χ4v) is 4.95. The molecule has 2 aromatic rings. The number of fused-ring (bicyclic) bond motifs is 2. The van der Waals surface area contributed by atoms with Gasteiger partial charge in [-0.2, -0.15) is 16.8 Å². The van der Waals surface area contributed by atoms with Crippen molar-refractivity contribution in [2.45, 2.75) is 0 Å². The third-order valence-electron chi connectivity index (χ3n) is 4.16. The van der Waals surface area contributed by atoms with Crippen LogP contribution >= 0.6 is 0 Å². The summed E-state index contributed by atoms with van der Waals surface area (Å²) in [5.41, 5.74) is 0.222. The Balaban J connectivity index is 1.77. The number of aliphatic hydroxyl groups is 1. The lowest BCUT2D eigenvalue weighted by Gasteiger charge is -2.18. The Morgan fingerprint density at radius 2 is 1.34 bits per heavy atom. The molecule has 0 bridgehead atoms. The highest BCUT2D eigenvalue weighted by Gasteiger charge is 2.35. The second-order valence-corrected chi connectivity index (χ2v) is 9.03. The van der Waals surface area contributed by atoms with Crippen LogP contribution in [0.5, 0.6) is 11.5 Å². The van der Waals surface area contributed by atoms with Gasteiger partial charge in [-0.25, -0.2) is 0 Å². The van der Waals surface area contributed by atoms with Crippen molar-refractivity contribution in [1.29, 1.82) is 0 Å². The fourth-order valence-electron chi connectivity index (χ4n) is 2.83. The van der Waals surface area contributed by atoms with E-state index in [0.29, 0.717) is 0 Å². The number of rotatable bonds is 2. The summed E-state index contributed by atoms with van der Waals surface area (Å²) in [5, 5.41) is 10.3. The van der Waals surface area contributed by atoms with Crippen molar-refractivity contribution in [3.63, 3.8) is 0 Å². The first-order valence-electron chi connectivity index (χ1n) is 8.14. The predicted octanol–water partition coefficient (Wildman–Crippen LogP) is 2.68. The van der Waals surface area contributed by atoms with E-state index in [0.717, 1.165) is 18.2 Å². The van der Waals surface area contributed by atoms with E-state index in [1.54, 1.807) is 18.2 Å². The molecule has 0 saturated carbocycles. The third kappa shape index (κ3) is 3.22. The molecule has 8 nitrogen and oxygen atoms in total. The molecule has 10 heteroatoms. The molecule has 0 amide bonds. The van der Waals surface area contributed by atoms with E-state index in [1.807, 2.05) is 0 Å². The molecule has 2 aliphatic heterocycles. The number of carbonyl (C=O) groups excluding carboxylic acids is 1. The number of para-hydroxylation sites is 2. The average Bonchev–Trinajstić information content (AvgIpc) is 2.65. The number of hydrogen-bond acceptors (Lipinski definition) is 8. The lowest BCUT2D eigenvalue weighted by atomic mass is 10.1. The van der Waals surface area contributed by atoms with Crippen LogP contribution in [0.15, 0.2) is 76.6 Å². The molecule has 0 unspecified atom stereocenters. The first kappa shape index (κ1) is 19.0. The van der Waals surface area contributed by atoms with Gasteiger partial charge in [-0.05, 0) is 36.4 Å². The summed E-state index contributed by atoms with van der Waals surface area (Å²) < 4.78 is 58.9. The molecular weight excluding hydrogens is 420 g/mol. The summed E-state index contributed by atoms with van der Waals surface area (Å²) in [7, 11) is -8.71. The first-order valence-corrected chi connectivity index (χ1v) is 11.0. The molecule has 0 atom stereocenters. The van der Waals surface area contributed by atoms with E-state index in [2.05, 4.69) is 0 Å². The SMILES string of the molecule is O=C1/C(=C/C=CC2=C(O)c3ccccc3OS2(=O)=O)S(=O)(=O)Oc2ccccc21. The molecule has 2 aliphatic rings. The van der Waals surface area contributed by atoms with Gasteiger partial charge in [0.2, 0.25) is 5.78 Å². The molecule has 1 N–H and O–H groups in total. The van der Waals surface area contributed by atoms with E-state index < -0.39 is 41.6 Å². The summed E-state index contributed by atoms with van der Waals surface area (Å²) in [5.74, 6) is -1.46. The van der Waals surface area contributed by atoms with Crippen molar-refractivity contribution in [2.75, 3.05) is 0 Å². The summed E-state index contributed by atoms with van der Waals surface area (Å²) in [6.45, 7) is 0. The number of allylic oxidation sites excluding steroid dienone is 4. The quantitative estimate of drug-likeness (QED) is 0.567. The topological polar surface area (TPSA) is 124 Å². The zero-order valence-electron chi connectivity index (χ0n) is 14.5. The molecule has 0 saturated heterocycles. The highest BCUT2D eigenvalue weighted by atomic mass is 32.2. The van der Waals surface area contributed by atoms with E-state index in [4.69, 9.17) is 8.37 Å². The van der Waals surface area contributed by atoms with Gasteiger partial charge in [-0.15, -0.1) is 0 Å². The molecule has 0 radical (unpaired) electrons. The van der Waals surface area contributed by atoms with Gasteiger partial charge < -0.3 is 13.5 Å². The Morgan fingerprint density at radius 3 is 2.03 bits per heavy atom. The van der Waals surface area contributed by atoms with Crippen molar-refractivity contribution < 1.29 is 35.1 Å². The molecule has 4 rings (SSSR count). The van der Waals surface area contributed by atoms with Gasteiger partial charge in [0.05, 0.1) is 11.1 Å². The first-order chi connectivity index (χ1) is 13.7. The molecule has 0 aliphatic carbocycles. The van der Waals surface area contributed by atoms with Gasteiger partial charge in [-0.3, -0.25) is 4.79 Å². The number of Topliss-reactive ketones (excluding diaryl/α,β-unsaturated/α-hetero) is 1. The Labute approximate surface area is 166 Å². The summed E-state index contributed by atoms with van der Waals surface area (Å²) >= 11 is 0. The van der Waals surface area contributed by atoms with Crippen LogP contribution in [0.3, 0.4) is 0 Å². The number of carbonyl (C=O) groups is 1. The van der Waals surface area contributed by atoms with Crippen LogP contribution < -0.4 is 8.37 Å². The molecule has 0 spiro atoms. The van der Waals surface area contributed by atoms with E-state index in [1.165, 1.54) is 30.3 Å². The minimum atomic E-state index is -4.38. The Hall–Kier alpha value is -3.37. The van der Waals surface area contributed by atoms with Crippen LogP contribution in [-0.4, -0.2) is 27.7 Å². The number of ketones is 1. The van der Waals surface area contributed by atoms with E-state index in [-0.39, 0.29) is 22.6 Å². The van der Waals surface area contributed by atoms with Gasteiger partial charge in [0.1, 0.15) is 10.7 Å². The van der Waals surface area contributed by atoms with Crippen molar-refractivity contribution >= 4 is 31.8 Å². The molecule has 29 heavy (non-hydrogen) atoms. The normalized spacial score (nSPS) is 20.7. The third-order valence-corrected chi connectivity index (χ3v) is 6.69. The minimum absolute atomic E-state index is 0.0319. The lowest BCUT2D eigenvalue weighted by Crippen LogP contribution is -2.25. The fraction of sp³-hybridized carbons (Fsp3) is 0. The van der Waals surface area contributed by atoms with Gasteiger partial charge in [0, 0.05) is 0 Å². The lowest BCUT2D eigenvalue weighted by molar-refractivity contribution is 0.103. The number of aliphatic hydroxyl groups excluding tert-OH is 1. The van der Waals surface area contributed by atoms with Crippen LogP contribution in [0.4, 0.5) is 0 Å². The summed E-state index contributed by atoms with van der Waals surface area (Å²) in [6, 6.07) is 11.8. The van der Waals surface area contributed by atoms with Gasteiger partial charge in [0.15, 0.2) is 16.4 Å². The monoisotopic (exact) mass is 432 g/mol. The second-order valence-electron chi connectivity index (χ2n) is 6.00. The van der Waals surface area contributed by atoms with Crippen LogP contribution in [0.1, 0.15) is 15.9 Å². The minimum Gasteiger partial charge on any atom is -0.506 e. The zero-order chi connectivity index (χ0) is 20.8. The van der Waals surface area contributed by atoms with Crippen molar-refractivity contribution in [2.24, 2.45) is 0 Å². The molecular formula is C19H12O8S2. The maximum Gasteiger partial charge on any atom is 0.343 e. The largest absolute Gasteiger partial charge is 0.506 e. The van der Waals surface area contributed by atoms with Gasteiger partial charge >= 0.3 is 20.2 Å². The van der Waals surface area contributed by atoms with Crippen molar-refractivity contribution in [3.8, 4) is 11.5 Å². The van der Waals surface area contributed by atoms with Crippen LogP contribution in [-0.2, 0) is 20.2 Å². The maximum atomic E-state index is 12.5. The van der Waals surface area contributed by atoms with E-state index in [9.17, 15) is 26.7 Å². The molecule has 2 aromatic carbocycles. The maximum absolute atomic E-state index is 12.5. The second kappa shape index (κ2) is 6.61. The molecule has 148 valence electrons. The molecule has 0 fully saturated rings. The molecule has 0 aromatic heterocycles. The van der Waals surface area contributed by atoms with Crippen molar-refractivity contribution in [3.05, 3.63) is 87.7 Å². The summed E-state index contributed by atoms with van der Waals surface area (Å²) in [6.07, 6.45) is 2.86. The standard InChI is InChI=1S/C19H12O8S2/c20-18-12-6-1-3-8-14(12)26-28(22,23)16(18)10-5-11-17-19(21)13-7-2-4-9-15(13)27-29(17,24)25/h1-11,20H/b10-5?,17-11-. The average molecular weight is 432 g/mol. The zero-order valence-corrected chi connectivity index (χ0v) is 16.1. The number of benzene rings is 2. The predicted molar refractivity (Wildman–Crippen MR) is 103 cm³/mol. The van der Waals surface area contributed by atoms with E-state index >= 15 is 0 Å². The smallest absolute Gasteiger partial charge is 0.343 e. The van der Waals surface area contributed by atoms with Crippen molar-refractivity contribution in [1.82, 2.24) is 0 Å². The Morgan fingerprint density at radius 1 is 0.793 bits per heavy atom. The van der Waals surface area contributed by atoms with Crippen LogP contribution in [0, 0.1) is 0 Å². The molecule has 2 heterocycles. The highest BCUT2D eigenvalue weighted by Crippen LogP contribution is 2.36. The Kier molecular flexibility index (Phi) is 4.32. The Bertz CT molecular complexity index is 1350.